The highest BCUT2D eigenvalue weighted by atomic mass is 35.5. The van der Waals surface area contributed by atoms with Crippen LogP contribution in [0.25, 0.3) is 10.9 Å². The average Bonchev–Trinajstić information content (AvgIpc) is 3.66. The molecule has 3 heterocycles. The summed E-state index contributed by atoms with van der Waals surface area (Å²) in [7, 11) is 0. The number of nitrogens with one attached hydrogen (secondary N) is 4. The highest BCUT2D eigenvalue weighted by Gasteiger charge is 2.59. The van der Waals surface area contributed by atoms with Gasteiger partial charge in [-0.15, -0.1) is 12.0 Å². The summed E-state index contributed by atoms with van der Waals surface area (Å²) < 4.78 is 98.3. The molecule has 1 aliphatic carbocycles. The number of halogens is 8. The normalized spacial score (nSPS) is 17.1. The van der Waals surface area contributed by atoms with Crippen molar-refractivity contribution < 1.29 is 30.7 Å². The molecule has 5 rings (SSSR count). The summed E-state index contributed by atoms with van der Waals surface area (Å²) in [6, 6.07) is 4.25. The van der Waals surface area contributed by atoms with Crippen molar-refractivity contribution in [2.24, 2.45) is 5.41 Å². The molecule has 2 aliphatic rings. The minimum atomic E-state index is -4.52. The van der Waals surface area contributed by atoms with E-state index in [4.69, 9.17) is 18.0 Å². The van der Waals surface area contributed by atoms with E-state index < -0.39 is 48.0 Å². The van der Waals surface area contributed by atoms with Crippen molar-refractivity contribution in [2.45, 2.75) is 57.8 Å². The fourth-order valence-corrected chi connectivity index (χ4v) is 5.14. The van der Waals surface area contributed by atoms with E-state index in [1.54, 1.807) is 0 Å². The minimum absolute atomic E-state index is 0.0565. The van der Waals surface area contributed by atoms with Gasteiger partial charge in [0.25, 0.3) is 6.43 Å². The molecule has 2 aromatic heterocycles. The molecule has 0 saturated heterocycles. The SMILES string of the molecule is C#Cc1cnc2c(Cl)cc(N[C@H](C3=C(F)N(C4(C(F)F)CC4)NN3)c3ccc(F)nc3C)cc2c1NCC(C)(C)C(F)(F)F. The average molecular weight is 642 g/mol. The number of fused-ring (bicyclic) bond motifs is 1. The Bertz CT molecular complexity index is 1680. The number of benzene rings is 1. The van der Waals surface area contributed by atoms with Crippen molar-refractivity contribution in [3.05, 3.63) is 69.9 Å². The molecular weight excluding hydrogens is 615 g/mol. The van der Waals surface area contributed by atoms with Gasteiger partial charge in [0.15, 0.2) is 0 Å². The Morgan fingerprint density at radius 3 is 2.48 bits per heavy atom. The van der Waals surface area contributed by atoms with Gasteiger partial charge in [0.2, 0.25) is 11.9 Å². The summed E-state index contributed by atoms with van der Waals surface area (Å²) in [6.45, 7) is 3.04. The van der Waals surface area contributed by atoms with Crippen LogP contribution in [0.2, 0.25) is 5.02 Å². The highest BCUT2D eigenvalue weighted by molar-refractivity contribution is 6.35. The minimum Gasteiger partial charge on any atom is -0.383 e. The van der Waals surface area contributed by atoms with Gasteiger partial charge in [-0.25, -0.2) is 13.8 Å². The quantitative estimate of drug-likeness (QED) is 0.0858. The number of pyridine rings is 2. The van der Waals surface area contributed by atoms with Crippen LogP contribution in [0, 0.1) is 30.6 Å². The third-order valence-corrected chi connectivity index (χ3v) is 8.18. The molecular formula is C29H27ClF7N7. The fraction of sp³-hybridized carbons (Fsp3) is 0.379. The zero-order chi connectivity index (χ0) is 32.2. The molecule has 7 nitrogen and oxygen atoms in total. The number of aromatic nitrogens is 2. The molecule has 0 unspecified atom stereocenters. The predicted octanol–water partition coefficient (Wildman–Crippen LogP) is 7.13. The lowest BCUT2D eigenvalue weighted by Crippen LogP contribution is -2.49. The first kappa shape index (κ1) is 31.5. The number of hydrogen-bond donors (Lipinski definition) is 4. The van der Waals surface area contributed by atoms with Crippen LogP contribution in [0.15, 0.2) is 42.1 Å². The topological polar surface area (TPSA) is 77.1 Å². The van der Waals surface area contributed by atoms with Crippen molar-refractivity contribution in [3.8, 4) is 12.3 Å². The van der Waals surface area contributed by atoms with E-state index >= 15 is 4.39 Å². The van der Waals surface area contributed by atoms with E-state index in [1.807, 2.05) is 0 Å². The summed E-state index contributed by atoms with van der Waals surface area (Å²) in [6.07, 6.45) is -0.298. The van der Waals surface area contributed by atoms with Crippen molar-refractivity contribution in [3.63, 3.8) is 0 Å². The molecule has 0 amide bonds. The van der Waals surface area contributed by atoms with Crippen molar-refractivity contribution in [2.75, 3.05) is 17.2 Å². The smallest absolute Gasteiger partial charge is 0.383 e. The first-order chi connectivity index (χ1) is 20.6. The lowest BCUT2D eigenvalue weighted by atomic mass is 9.92. The first-order valence-corrected chi connectivity index (χ1v) is 13.8. The molecule has 15 heteroatoms. The predicted molar refractivity (Wildman–Crippen MR) is 153 cm³/mol. The molecule has 3 aromatic rings. The van der Waals surface area contributed by atoms with E-state index in [-0.39, 0.29) is 57.1 Å². The number of aryl methyl sites for hydroxylation is 1. The molecule has 0 bridgehead atoms. The third-order valence-electron chi connectivity index (χ3n) is 7.89. The first-order valence-electron chi connectivity index (χ1n) is 13.4. The number of rotatable bonds is 9. The number of terminal acetylenes is 1. The molecule has 44 heavy (non-hydrogen) atoms. The Morgan fingerprint density at radius 1 is 1.18 bits per heavy atom. The number of alkyl halides is 5. The number of nitrogens with zero attached hydrogens (tertiary/aromatic N) is 3. The van der Waals surface area contributed by atoms with Crippen LogP contribution < -0.4 is 21.6 Å². The molecule has 4 N–H and O–H groups in total. The molecule has 234 valence electrons. The maximum Gasteiger partial charge on any atom is 0.395 e. The van der Waals surface area contributed by atoms with Gasteiger partial charge in [-0.1, -0.05) is 23.6 Å². The van der Waals surface area contributed by atoms with Crippen LogP contribution in [-0.2, 0) is 0 Å². The fourth-order valence-electron chi connectivity index (χ4n) is 4.87. The molecule has 1 atom stereocenters. The monoisotopic (exact) mass is 641 g/mol. The standard InChI is InChI=1S/C29H27ClF7N7/c1-5-15-12-38-22-18(21(15)39-13-27(3,4)29(35,36)37)10-16(11-19(22)30)41-23(17-6-7-20(31)40-14(17)2)24-25(32)44(43-42-24)28(8-9-28)26(33)34/h1,6-7,10-12,23,26,41-43H,8-9,13H2,2-4H3,(H,38,39)/t23-/m0/s1. The van der Waals surface area contributed by atoms with Crippen LogP contribution in [0.3, 0.4) is 0 Å². The largest absolute Gasteiger partial charge is 0.395 e. The van der Waals surface area contributed by atoms with Crippen molar-refractivity contribution >= 4 is 33.9 Å². The number of hydrogen-bond acceptors (Lipinski definition) is 7. The van der Waals surface area contributed by atoms with Gasteiger partial charge in [0, 0.05) is 35.1 Å². The van der Waals surface area contributed by atoms with E-state index in [2.05, 4.69) is 37.5 Å². The van der Waals surface area contributed by atoms with Crippen molar-refractivity contribution in [1.82, 2.24) is 25.9 Å². The Kier molecular flexibility index (Phi) is 8.00. The van der Waals surface area contributed by atoms with E-state index in [9.17, 15) is 26.3 Å². The van der Waals surface area contributed by atoms with Crippen molar-refractivity contribution in [1.29, 1.82) is 0 Å². The summed E-state index contributed by atoms with van der Waals surface area (Å²) in [5, 5.41) is 6.99. The van der Waals surface area contributed by atoms with E-state index in [1.165, 1.54) is 31.3 Å². The van der Waals surface area contributed by atoms with Crippen LogP contribution >= 0.6 is 11.6 Å². The zero-order valence-corrected chi connectivity index (χ0v) is 24.4. The van der Waals surface area contributed by atoms with Gasteiger partial charge in [0.05, 0.1) is 33.2 Å². The number of hydrazine groups is 2. The van der Waals surface area contributed by atoms with Gasteiger partial charge >= 0.3 is 6.18 Å². The van der Waals surface area contributed by atoms with Crippen LogP contribution in [0.1, 0.15) is 49.6 Å². The molecule has 1 aliphatic heterocycles. The highest BCUT2D eigenvalue weighted by Crippen LogP contribution is 2.49. The Balaban J connectivity index is 1.60. The molecule has 1 aromatic carbocycles. The third kappa shape index (κ3) is 5.54. The van der Waals surface area contributed by atoms with Crippen LogP contribution in [0.4, 0.5) is 42.1 Å². The second-order valence-electron chi connectivity index (χ2n) is 11.3. The lowest BCUT2D eigenvalue weighted by Gasteiger charge is -2.29. The van der Waals surface area contributed by atoms with Gasteiger partial charge in [-0.2, -0.15) is 22.0 Å². The summed E-state index contributed by atoms with van der Waals surface area (Å²) in [4.78, 5) is 8.09. The van der Waals surface area contributed by atoms with Gasteiger partial charge in [-0.3, -0.25) is 9.99 Å². The van der Waals surface area contributed by atoms with Crippen LogP contribution in [-0.4, -0.2) is 39.7 Å². The van der Waals surface area contributed by atoms with E-state index in [0.29, 0.717) is 5.56 Å². The zero-order valence-electron chi connectivity index (χ0n) is 23.6. The van der Waals surface area contributed by atoms with Gasteiger partial charge < -0.3 is 16.1 Å². The maximum absolute atomic E-state index is 15.9. The molecule has 0 spiro atoms. The summed E-state index contributed by atoms with van der Waals surface area (Å²) in [5.74, 6) is 0.615. The lowest BCUT2D eigenvalue weighted by molar-refractivity contribution is -0.206. The Labute approximate surface area is 253 Å². The second-order valence-corrected chi connectivity index (χ2v) is 11.8. The Morgan fingerprint density at radius 2 is 1.89 bits per heavy atom. The molecule has 1 fully saturated rings. The Hall–Kier alpha value is -3.96. The maximum atomic E-state index is 15.9. The number of anilines is 2. The van der Waals surface area contributed by atoms with Gasteiger partial charge in [0.1, 0.15) is 11.2 Å². The van der Waals surface area contributed by atoms with E-state index in [0.717, 1.165) is 24.9 Å². The second kappa shape index (κ2) is 11.2. The summed E-state index contributed by atoms with van der Waals surface area (Å²) in [5.41, 5.74) is 2.34. The van der Waals surface area contributed by atoms with Crippen LogP contribution in [0.5, 0.6) is 0 Å². The molecule has 1 saturated carbocycles. The molecule has 0 radical (unpaired) electrons. The van der Waals surface area contributed by atoms with Gasteiger partial charge in [-0.05, 0) is 51.8 Å². The summed E-state index contributed by atoms with van der Waals surface area (Å²) >= 11 is 6.56.